The lowest BCUT2D eigenvalue weighted by Crippen LogP contribution is -2.04. The maximum absolute atomic E-state index is 10.2. The Morgan fingerprint density at radius 2 is 2.21 bits per heavy atom. The van der Waals surface area contributed by atoms with Crippen molar-refractivity contribution in [2.45, 2.75) is 13.3 Å². The van der Waals surface area contributed by atoms with Gasteiger partial charge in [-0.1, -0.05) is 12.1 Å². The summed E-state index contributed by atoms with van der Waals surface area (Å²) in [6.07, 6.45) is 0.0357. The first-order valence-corrected chi connectivity index (χ1v) is 4.10. The molecule has 0 atom stereocenters. The fourth-order valence-electron chi connectivity index (χ4n) is 0.961. The second-order valence-corrected chi connectivity index (χ2v) is 2.81. The normalized spacial score (nSPS) is 8.93. The molecule has 0 aliphatic heterocycles. The van der Waals surface area contributed by atoms with Crippen LogP contribution in [0.2, 0.25) is 0 Å². The van der Waals surface area contributed by atoms with Gasteiger partial charge in [0.1, 0.15) is 5.75 Å². The first-order chi connectivity index (χ1) is 6.18. The first-order valence-electron chi connectivity index (χ1n) is 4.10. The molecule has 0 saturated heterocycles. The maximum Gasteiger partial charge on any atom is 0.306 e. The second kappa shape index (κ2) is 6.27. The van der Waals surface area contributed by atoms with E-state index in [1.807, 2.05) is 31.2 Å². The molecule has 3 nitrogen and oxygen atoms in total. The number of rotatable bonds is 4. The van der Waals surface area contributed by atoms with Gasteiger partial charge in [-0.15, -0.1) is 12.4 Å². The Labute approximate surface area is 89.1 Å². The topological polar surface area (TPSA) is 46.5 Å². The quantitative estimate of drug-likeness (QED) is 0.840. The molecule has 0 aliphatic carbocycles. The lowest BCUT2D eigenvalue weighted by molar-refractivity contribution is -0.137. The highest BCUT2D eigenvalue weighted by atomic mass is 35.5. The van der Waals surface area contributed by atoms with Crippen molar-refractivity contribution in [2.24, 2.45) is 0 Å². The van der Waals surface area contributed by atoms with Crippen LogP contribution < -0.4 is 4.74 Å². The Bertz CT molecular complexity index is 299. The molecule has 0 bridgehead atoms. The Balaban J connectivity index is 0.00000169. The van der Waals surface area contributed by atoms with Crippen LogP contribution >= 0.6 is 12.4 Å². The van der Waals surface area contributed by atoms with E-state index in [2.05, 4.69) is 0 Å². The van der Waals surface area contributed by atoms with Crippen molar-refractivity contribution in [3.63, 3.8) is 0 Å². The van der Waals surface area contributed by atoms with Crippen LogP contribution in [0.15, 0.2) is 24.3 Å². The number of benzene rings is 1. The summed E-state index contributed by atoms with van der Waals surface area (Å²) in [5.41, 5.74) is 1.10. The molecule has 0 spiro atoms. The zero-order valence-electron chi connectivity index (χ0n) is 7.90. The van der Waals surface area contributed by atoms with E-state index in [4.69, 9.17) is 9.84 Å². The molecule has 0 heterocycles. The van der Waals surface area contributed by atoms with Gasteiger partial charge < -0.3 is 9.84 Å². The number of hydrogen-bond acceptors (Lipinski definition) is 2. The van der Waals surface area contributed by atoms with Crippen molar-refractivity contribution >= 4 is 18.4 Å². The van der Waals surface area contributed by atoms with Crippen LogP contribution in [0, 0.1) is 6.92 Å². The van der Waals surface area contributed by atoms with E-state index >= 15 is 0 Å². The number of hydrogen-bond donors (Lipinski definition) is 1. The van der Waals surface area contributed by atoms with Gasteiger partial charge in [-0.25, -0.2) is 0 Å². The molecule has 0 fully saturated rings. The van der Waals surface area contributed by atoms with Gasteiger partial charge in [0.2, 0.25) is 0 Å². The Kier molecular flexibility index (Phi) is 5.72. The number of carboxylic acid groups (broad SMARTS) is 1. The molecule has 0 aliphatic rings. The number of carboxylic acids is 1. The average molecular weight is 217 g/mol. The van der Waals surface area contributed by atoms with Crippen molar-refractivity contribution in [3.8, 4) is 5.75 Å². The van der Waals surface area contributed by atoms with E-state index in [1.165, 1.54) is 0 Å². The van der Waals surface area contributed by atoms with Crippen LogP contribution in [0.1, 0.15) is 12.0 Å². The third kappa shape index (κ3) is 4.72. The summed E-state index contributed by atoms with van der Waals surface area (Å²) in [5.74, 6) is -0.117. The van der Waals surface area contributed by atoms with E-state index < -0.39 is 5.97 Å². The zero-order valence-corrected chi connectivity index (χ0v) is 8.71. The molecule has 4 heteroatoms. The molecule has 0 saturated carbocycles. The third-order valence-electron chi connectivity index (χ3n) is 1.57. The lowest BCUT2D eigenvalue weighted by atomic mass is 10.2. The molecule has 0 radical (unpaired) electrons. The number of aryl methyl sites for hydroxylation is 1. The standard InChI is InChI=1S/C10H12O3.ClH/c1-8-3-2-4-9(7-8)13-6-5-10(11)12;/h2-4,7H,5-6H2,1H3,(H,11,12);1H. The molecular weight excluding hydrogens is 204 g/mol. The Hall–Kier alpha value is -1.22. The monoisotopic (exact) mass is 216 g/mol. The number of ether oxygens (including phenoxy) is 1. The molecule has 78 valence electrons. The minimum Gasteiger partial charge on any atom is -0.493 e. The summed E-state index contributed by atoms with van der Waals surface area (Å²) in [6, 6.07) is 7.53. The maximum atomic E-state index is 10.2. The average Bonchev–Trinajstić information content (AvgIpc) is 2.03. The van der Waals surface area contributed by atoms with E-state index in [0.717, 1.165) is 11.3 Å². The van der Waals surface area contributed by atoms with Crippen molar-refractivity contribution in [1.29, 1.82) is 0 Å². The van der Waals surface area contributed by atoms with E-state index in [0.29, 0.717) is 0 Å². The summed E-state index contributed by atoms with van der Waals surface area (Å²) >= 11 is 0. The molecule has 0 amide bonds. The van der Waals surface area contributed by atoms with E-state index in [9.17, 15) is 4.79 Å². The Morgan fingerprint density at radius 1 is 1.50 bits per heavy atom. The number of halogens is 1. The van der Waals surface area contributed by atoms with Gasteiger partial charge in [0, 0.05) is 0 Å². The van der Waals surface area contributed by atoms with Gasteiger partial charge in [0.05, 0.1) is 13.0 Å². The van der Waals surface area contributed by atoms with Crippen molar-refractivity contribution in [3.05, 3.63) is 29.8 Å². The van der Waals surface area contributed by atoms with Gasteiger partial charge in [-0.05, 0) is 24.6 Å². The molecule has 1 N–H and O–H groups in total. The van der Waals surface area contributed by atoms with Crippen LogP contribution in [0.4, 0.5) is 0 Å². The summed E-state index contributed by atoms with van der Waals surface area (Å²) in [7, 11) is 0. The van der Waals surface area contributed by atoms with Gasteiger partial charge in [-0.3, -0.25) is 4.79 Å². The third-order valence-corrected chi connectivity index (χ3v) is 1.57. The first kappa shape index (κ1) is 12.8. The van der Waals surface area contributed by atoms with Gasteiger partial charge in [0.15, 0.2) is 0 Å². The minimum absolute atomic E-state index is 0. The van der Waals surface area contributed by atoms with Crippen LogP contribution in [0.3, 0.4) is 0 Å². The Morgan fingerprint density at radius 3 is 2.79 bits per heavy atom. The number of aliphatic carboxylic acids is 1. The molecule has 1 aromatic carbocycles. The van der Waals surface area contributed by atoms with Crippen molar-refractivity contribution in [1.82, 2.24) is 0 Å². The second-order valence-electron chi connectivity index (χ2n) is 2.81. The molecule has 14 heavy (non-hydrogen) atoms. The van der Waals surface area contributed by atoms with Crippen LogP contribution in [0.5, 0.6) is 5.75 Å². The van der Waals surface area contributed by atoms with Crippen LogP contribution in [-0.2, 0) is 4.79 Å². The molecule has 1 rings (SSSR count). The molecule has 0 aromatic heterocycles. The molecule has 1 aromatic rings. The summed E-state index contributed by atoms with van der Waals surface area (Å²) in [6.45, 7) is 2.18. The van der Waals surface area contributed by atoms with E-state index in [-0.39, 0.29) is 25.4 Å². The highest BCUT2D eigenvalue weighted by Crippen LogP contribution is 2.12. The van der Waals surface area contributed by atoms with Gasteiger partial charge in [0.25, 0.3) is 0 Å². The van der Waals surface area contributed by atoms with Crippen molar-refractivity contribution < 1.29 is 14.6 Å². The largest absolute Gasteiger partial charge is 0.493 e. The fourth-order valence-corrected chi connectivity index (χ4v) is 0.961. The SMILES string of the molecule is Cc1cccc(OCCC(=O)O)c1.Cl. The zero-order chi connectivity index (χ0) is 9.68. The number of carbonyl (C=O) groups is 1. The predicted molar refractivity (Wildman–Crippen MR) is 56.2 cm³/mol. The lowest BCUT2D eigenvalue weighted by Gasteiger charge is -2.04. The highest BCUT2D eigenvalue weighted by Gasteiger charge is 1.97. The van der Waals surface area contributed by atoms with E-state index in [1.54, 1.807) is 0 Å². The smallest absolute Gasteiger partial charge is 0.306 e. The summed E-state index contributed by atoms with van der Waals surface area (Å²) in [5, 5.41) is 8.37. The minimum atomic E-state index is -0.840. The van der Waals surface area contributed by atoms with Gasteiger partial charge >= 0.3 is 5.97 Å². The molecular formula is C10H13ClO3. The summed E-state index contributed by atoms with van der Waals surface area (Å²) < 4.78 is 5.22. The molecule has 0 unspecified atom stereocenters. The summed E-state index contributed by atoms with van der Waals surface area (Å²) in [4.78, 5) is 10.2. The van der Waals surface area contributed by atoms with Crippen LogP contribution in [-0.4, -0.2) is 17.7 Å². The van der Waals surface area contributed by atoms with Gasteiger partial charge in [-0.2, -0.15) is 0 Å². The van der Waals surface area contributed by atoms with Crippen LogP contribution in [0.25, 0.3) is 0 Å². The predicted octanol–water partition coefficient (Wildman–Crippen LogP) is 2.27. The fraction of sp³-hybridized carbons (Fsp3) is 0.300. The van der Waals surface area contributed by atoms with Crippen molar-refractivity contribution in [2.75, 3.05) is 6.61 Å². The highest BCUT2D eigenvalue weighted by molar-refractivity contribution is 5.85.